The summed E-state index contributed by atoms with van der Waals surface area (Å²) in [6.45, 7) is -0.276. The second-order valence-electron chi connectivity index (χ2n) is 4.96. The number of amides is 1. The first-order chi connectivity index (χ1) is 11.7. The maximum Gasteiger partial charge on any atom is 0.398 e. The summed E-state index contributed by atoms with van der Waals surface area (Å²) in [6.07, 6.45) is -4.31. The van der Waals surface area contributed by atoms with Crippen LogP contribution in [-0.2, 0) is 4.79 Å². The van der Waals surface area contributed by atoms with E-state index in [0.717, 1.165) is 12.1 Å². The molecule has 2 rings (SSSR count). The molecule has 134 valence electrons. The van der Waals surface area contributed by atoms with E-state index in [1.165, 1.54) is 12.1 Å². The van der Waals surface area contributed by atoms with Gasteiger partial charge in [0.2, 0.25) is 5.91 Å². The summed E-state index contributed by atoms with van der Waals surface area (Å²) >= 11 is 0.595. The van der Waals surface area contributed by atoms with Crippen LogP contribution in [0.15, 0.2) is 47.4 Å². The monoisotopic (exact) mass is 376 g/mol. The predicted molar refractivity (Wildman–Crippen MR) is 86.7 cm³/mol. The molecule has 2 aromatic carbocycles. The van der Waals surface area contributed by atoms with E-state index in [0.29, 0.717) is 28.4 Å². The third kappa shape index (κ3) is 6.61. The molecule has 0 saturated carbocycles. The number of benzene rings is 2. The smallest absolute Gasteiger partial charge is 0.375 e. The SMILES string of the molecule is O=C(CNc1ccccc1SCC(F)(F)F)Nc1cc(F)cc(F)c1. The largest absolute Gasteiger partial charge is 0.398 e. The first-order valence-corrected chi connectivity index (χ1v) is 8.00. The van der Waals surface area contributed by atoms with E-state index < -0.39 is 29.5 Å². The minimum atomic E-state index is -4.31. The van der Waals surface area contributed by atoms with Crippen molar-refractivity contribution in [2.75, 3.05) is 22.9 Å². The third-order valence-electron chi connectivity index (χ3n) is 2.86. The molecule has 0 aliphatic carbocycles. The number of rotatable bonds is 6. The maximum absolute atomic E-state index is 13.1. The number of halogens is 5. The zero-order valence-corrected chi connectivity index (χ0v) is 13.5. The number of para-hydroxylation sites is 1. The van der Waals surface area contributed by atoms with Gasteiger partial charge in [0.25, 0.3) is 0 Å². The van der Waals surface area contributed by atoms with Crippen LogP contribution in [0.25, 0.3) is 0 Å². The number of carbonyl (C=O) groups excluding carboxylic acids is 1. The van der Waals surface area contributed by atoms with Gasteiger partial charge in [-0.15, -0.1) is 11.8 Å². The van der Waals surface area contributed by atoms with Crippen molar-refractivity contribution in [2.24, 2.45) is 0 Å². The molecular weight excluding hydrogens is 363 g/mol. The fourth-order valence-corrected chi connectivity index (χ4v) is 2.69. The molecule has 0 unspecified atom stereocenters. The average molecular weight is 376 g/mol. The van der Waals surface area contributed by atoms with Gasteiger partial charge in [-0.3, -0.25) is 4.79 Å². The summed E-state index contributed by atoms with van der Waals surface area (Å²) in [5, 5.41) is 5.01. The van der Waals surface area contributed by atoms with Crippen LogP contribution in [0, 0.1) is 11.6 Å². The molecule has 25 heavy (non-hydrogen) atoms. The molecule has 3 nitrogen and oxygen atoms in total. The van der Waals surface area contributed by atoms with E-state index in [4.69, 9.17) is 0 Å². The first-order valence-electron chi connectivity index (χ1n) is 7.01. The van der Waals surface area contributed by atoms with Crippen molar-refractivity contribution in [3.05, 3.63) is 54.1 Å². The van der Waals surface area contributed by atoms with Gasteiger partial charge >= 0.3 is 6.18 Å². The van der Waals surface area contributed by atoms with Crippen LogP contribution in [0.5, 0.6) is 0 Å². The summed E-state index contributed by atoms with van der Waals surface area (Å²) < 4.78 is 63.1. The second-order valence-corrected chi connectivity index (χ2v) is 5.98. The number of hydrogen-bond donors (Lipinski definition) is 2. The molecule has 0 aliphatic heterocycles. The fourth-order valence-electron chi connectivity index (χ4n) is 1.90. The first kappa shape index (κ1) is 19.0. The summed E-state index contributed by atoms with van der Waals surface area (Å²) in [7, 11) is 0. The van der Waals surface area contributed by atoms with E-state index in [9.17, 15) is 26.7 Å². The van der Waals surface area contributed by atoms with E-state index in [2.05, 4.69) is 10.6 Å². The Kier molecular flexibility index (Phi) is 6.24. The van der Waals surface area contributed by atoms with Crippen molar-refractivity contribution < 1.29 is 26.7 Å². The minimum Gasteiger partial charge on any atom is -0.375 e. The van der Waals surface area contributed by atoms with E-state index >= 15 is 0 Å². The molecule has 0 radical (unpaired) electrons. The Labute approximate surface area is 144 Å². The Morgan fingerprint density at radius 3 is 2.32 bits per heavy atom. The number of alkyl halides is 3. The lowest BCUT2D eigenvalue weighted by Crippen LogP contribution is -2.22. The summed E-state index contributed by atoms with van der Waals surface area (Å²) in [6, 6.07) is 8.80. The van der Waals surface area contributed by atoms with Crippen molar-refractivity contribution >= 4 is 29.0 Å². The van der Waals surface area contributed by atoms with Gasteiger partial charge in [0.1, 0.15) is 11.6 Å². The molecule has 0 atom stereocenters. The average Bonchev–Trinajstić information content (AvgIpc) is 2.50. The normalized spacial score (nSPS) is 11.2. The van der Waals surface area contributed by atoms with E-state index in [1.54, 1.807) is 12.1 Å². The van der Waals surface area contributed by atoms with Gasteiger partial charge in [-0.1, -0.05) is 12.1 Å². The lowest BCUT2D eigenvalue weighted by molar-refractivity contribution is -0.114. The Morgan fingerprint density at radius 2 is 1.68 bits per heavy atom. The van der Waals surface area contributed by atoms with Crippen molar-refractivity contribution in [3.63, 3.8) is 0 Å². The highest BCUT2D eigenvalue weighted by atomic mass is 32.2. The number of hydrogen-bond acceptors (Lipinski definition) is 3. The molecule has 0 aliphatic rings. The highest BCUT2D eigenvalue weighted by Gasteiger charge is 2.27. The zero-order valence-electron chi connectivity index (χ0n) is 12.7. The maximum atomic E-state index is 13.1. The number of nitrogens with one attached hydrogen (secondary N) is 2. The second kappa shape index (κ2) is 8.19. The van der Waals surface area contributed by atoms with Crippen molar-refractivity contribution in [1.82, 2.24) is 0 Å². The Bertz CT molecular complexity index is 731. The van der Waals surface area contributed by atoms with Crippen molar-refractivity contribution in [3.8, 4) is 0 Å². The molecule has 2 aromatic rings. The van der Waals surface area contributed by atoms with Crippen molar-refractivity contribution in [2.45, 2.75) is 11.1 Å². The molecule has 0 fully saturated rings. The quantitative estimate of drug-likeness (QED) is 0.569. The van der Waals surface area contributed by atoms with Crippen LogP contribution in [0.4, 0.5) is 33.3 Å². The van der Waals surface area contributed by atoms with E-state index in [-0.39, 0.29) is 12.2 Å². The summed E-state index contributed by atoms with van der Waals surface area (Å²) in [5.41, 5.74) is 0.307. The van der Waals surface area contributed by atoms with Gasteiger partial charge in [0.15, 0.2) is 0 Å². The van der Waals surface area contributed by atoms with Gasteiger partial charge < -0.3 is 10.6 Å². The van der Waals surface area contributed by atoms with Gasteiger partial charge in [0, 0.05) is 22.3 Å². The van der Waals surface area contributed by atoms with Crippen LogP contribution in [-0.4, -0.2) is 24.4 Å². The van der Waals surface area contributed by atoms with Crippen LogP contribution >= 0.6 is 11.8 Å². The lowest BCUT2D eigenvalue weighted by atomic mass is 10.3. The third-order valence-corrected chi connectivity index (χ3v) is 4.00. The highest BCUT2D eigenvalue weighted by Crippen LogP contribution is 2.31. The predicted octanol–water partition coefficient (Wildman–Crippen LogP) is 4.67. The Balaban J connectivity index is 1.95. The van der Waals surface area contributed by atoms with Crippen LogP contribution in [0.2, 0.25) is 0 Å². The molecule has 0 heterocycles. The van der Waals surface area contributed by atoms with Crippen LogP contribution in [0.1, 0.15) is 0 Å². The molecule has 0 aromatic heterocycles. The molecule has 1 amide bonds. The standard InChI is InChI=1S/C16H13F5N2OS/c17-10-5-11(18)7-12(6-10)23-15(24)8-22-13-3-1-2-4-14(13)25-9-16(19,20)21/h1-7,22H,8-9H2,(H,23,24). The molecule has 0 bridgehead atoms. The van der Waals surface area contributed by atoms with Gasteiger partial charge in [-0.25, -0.2) is 8.78 Å². The minimum absolute atomic E-state index is 0.0518. The number of anilines is 2. The number of carbonyl (C=O) groups is 1. The molecule has 0 saturated heterocycles. The number of thioether (sulfide) groups is 1. The van der Waals surface area contributed by atoms with Crippen LogP contribution < -0.4 is 10.6 Å². The van der Waals surface area contributed by atoms with Crippen LogP contribution in [0.3, 0.4) is 0 Å². The molecule has 0 spiro atoms. The summed E-state index contributed by atoms with van der Waals surface area (Å²) in [5.74, 6) is -3.32. The Morgan fingerprint density at radius 1 is 1.04 bits per heavy atom. The molecule has 9 heteroatoms. The topological polar surface area (TPSA) is 41.1 Å². The fraction of sp³-hybridized carbons (Fsp3) is 0.188. The lowest BCUT2D eigenvalue weighted by Gasteiger charge is -2.13. The Hall–Kier alpha value is -2.29. The van der Waals surface area contributed by atoms with E-state index in [1.807, 2.05) is 0 Å². The molecular formula is C16H13F5N2OS. The van der Waals surface area contributed by atoms with Gasteiger partial charge in [0.05, 0.1) is 12.3 Å². The summed E-state index contributed by atoms with van der Waals surface area (Å²) in [4.78, 5) is 12.2. The molecule has 2 N–H and O–H groups in total. The zero-order chi connectivity index (χ0) is 18.4. The van der Waals surface area contributed by atoms with Gasteiger partial charge in [-0.05, 0) is 24.3 Å². The van der Waals surface area contributed by atoms with Crippen molar-refractivity contribution in [1.29, 1.82) is 0 Å². The highest BCUT2D eigenvalue weighted by molar-refractivity contribution is 7.99. The van der Waals surface area contributed by atoms with Gasteiger partial charge in [-0.2, -0.15) is 13.2 Å².